The van der Waals surface area contributed by atoms with E-state index in [1.165, 1.54) is 16.4 Å². The number of anilines is 1. The van der Waals surface area contributed by atoms with Crippen LogP contribution in [0, 0.1) is 6.92 Å². The average molecular weight is 386 g/mol. The Morgan fingerprint density at radius 2 is 1.96 bits per heavy atom. The number of carbonyl (C=O) groups excluding carboxylic acids is 1. The molecule has 0 aliphatic rings. The fraction of sp³-hybridized carbons (Fsp3) is 0.333. The fourth-order valence-corrected chi connectivity index (χ4v) is 3.55. The summed E-state index contributed by atoms with van der Waals surface area (Å²) in [6.07, 6.45) is 1.64. The van der Waals surface area contributed by atoms with Gasteiger partial charge >= 0.3 is 0 Å². The fourth-order valence-electron chi connectivity index (χ4n) is 2.71. The molecule has 2 heterocycles. The van der Waals surface area contributed by atoms with Crippen LogP contribution in [0.1, 0.15) is 25.6 Å². The Labute approximate surface area is 161 Å². The van der Waals surface area contributed by atoms with Gasteiger partial charge in [0.15, 0.2) is 5.16 Å². The van der Waals surface area contributed by atoms with E-state index in [0.29, 0.717) is 10.9 Å². The Balaban J connectivity index is 1.77. The molecule has 27 heavy (non-hydrogen) atoms. The van der Waals surface area contributed by atoms with Gasteiger partial charge in [-0.05, 0) is 32.9 Å². The minimum absolute atomic E-state index is 0.143. The van der Waals surface area contributed by atoms with Crippen LogP contribution >= 0.6 is 11.8 Å². The summed E-state index contributed by atoms with van der Waals surface area (Å²) >= 11 is 1.29. The van der Waals surface area contributed by atoms with Crippen LogP contribution in [0.25, 0.3) is 5.69 Å². The zero-order chi connectivity index (χ0) is 19.6. The van der Waals surface area contributed by atoms with E-state index in [1.54, 1.807) is 25.0 Å². The van der Waals surface area contributed by atoms with Gasteiger partial charge < -0.3 is 9.88 Å². The van der Waals surface area contributed by atoms with E-state index in [2.05, 4.69) is 15.5 Å². The number of hydrogen-bond donors (Lipinski definition) is 1. The van der Waals surface area contributed by atoms with Crippen molar-refractivity contribution in [3.63, 3.8) is 0 Å². The highest BCUT2D eigenvalue weighted by atomic mass is 32.2. The van der Waals surface area contributed by atoms with Crippen LogP contribution in [0.15, 0.2) is 46.6 Å². The second-order valence-electron chi connectivity index (χ2n) is 6.39. The van der Waals surface area contributed by atoms with Gasteiger partial charge in [0.2, 0.25) is 5.91 Å². The highest BCUT2D eigenvalue weighted by Crippen LogP contribution is 2.19. The predicted molar refractivity (Wildman–Crippen MR) is 106 cm³/mol. The van der Waals surface area contributed by atoms with Crippen LogP contribution in [0.5, 0.6) is 0 Å². The normalized spacial score (nSPS) is 11.1. The molecule has 1 amide bonds. The first-order valence-corrected chi connectivity index (χ1v) is 9.55. The molecule has 3 aromatic rings. The molecular formula is C18H22N6O2S. The summed E-state index contributed by atoms with van der Waals surface area (Å²) in [5.41, 5.74) is 1.46. The molecule has 0 saturated carbocycles. The van der Waals surface area contributed by atoms with Gasteiger partial charge in [-0.15, -0.1) is 10.2 Å². The third kappa shape index (κ3) is 3.82. The molecule has 1 N–H and O–H groups in total. The van der Waals surface area contributed by atoms with Crippen molar-refractivity contribution in [1.82, 2.24) is 24.1 Å². The lowest BCUT2D eigenvalue weighted by Gasteiger charge is -2.09. The van der Waals surface area contributed by atoms with Crippen LogP contribution in [0.3, 0.4) is 0 Å². The van der Waals surface area contributed by atoms with E-state index in [0.717, 1.165) is 5.69 Å². The van der Waals surface area contributed by atoms with Crippen LogP contribution in [-0.4, -0.2) is 35.8 Å². The number of aromatic nitrogens is 5. The van der Waals surface area contributed by atoms with Crippen LogP contribution in [0.2, 0.25) is 0 Å². The molecule has 1 aromatic carbocycles. The molecule has 0 aliphatic carbocycles. The Morgan fingerprint density at radius 3 is 2.63 bits per heavy atom. The Kier molecular flexibility index (Phi) is 5.50. The summed E-state index contributed by atoms with van der Waals surface area (Å²) in [4.78, 5) is 25.2. The summed E-state index contributed by atoms with van der Waals surface area (Å²) in [6.45, 7) is 5.85. The van der Waals surface area contributed by atoms with Crippen molar-refractivity contribution in [1.29, 1.82) is 0 Å². The van der Waals surface area contributed by atoms with Crippen LogP contribution < -0.4 is 10.9 Å². The summed E-state index contributed by atoms with van der Waals surface area (Å²) in [6, 6.07) is 9.52. The van der Waals surface area contributed by atoms with Gasteiger partial charge in [0, 0.05) is 13.1 Å². The number of rotatable bonds is 6. The summed E-state index contributed by atoms with van der Waals surface area (Å²) in [5.74, 6) is -0.117. The SMILES string of the molecule is Cc1c(NC(=O)CSc2nncn2C(C)C)c(=O)n(-c2ccccc2)n1C. The molecule has 9 heteroatoms. The first-order valence-electron chi connectivity index (χ1n) is 8.56. The topological polar surface area (TPSA) is 86.7 Å². The van der Waals surface area contributed by atoms with Crippen molar-refractivity contribution < 1.29 is 4.79 Å². The van der Waals surface area contributed by atoms with Crippen LogP contribution in [-0.2, 0) is 11.8 Å². The van der Waals surface area contributed by atoms with Gasteiger partial charge in [-0.1, -0.05) is 30.0 Å². The Bertz CT molecular complexity index is 1000. The minimum atomic E-state index is -0.260. The van der Waals surface area contributed by atoms with Crippen molar-refractivity contribution >= 4 is 23.4 Å². The second-order valence-corrected chi connectivity index (χ2v) is 7.33. The van der Waals surface area contributed by atoms with Crippen LogP contribution in [0.4, 0.5) is 5.69 Å². The lowest BCUT2D eigenvalue weighted by atomic mass is 10.3. The van der Waals surface area contributed by atoms with E-state index >= 15 is 0 Å². The zero-order valence-corrected chi connectivity index (χ0v) is 16.5. The lowest BCUT2D eigenvalue weighted by molar-refractivity contribution is -0.113. The molecule has 142 valence electrons. The maximum Gasteiger partial charge on any atom is 0.295 e. The monoisotopic (exact) mass is 386 g/mol. The lowest BCUT2D eigenvalue weighted by Crippen LogP contribution is -2.23. The molecule has 2 aromatic heterocycles. The van der Waals surface area contributed by atoms with Crippen molar-refractivity contribution in [2.75, 3.05) is 11.1 Å². The third-order valence-corrected chi connectivity index (χ3v) is 5.20. The highest BCUT2D eigenvalue weighted by molar-refractivity contribution is 7.99. The maximum atomic E-state index is 12.8. The zero-order valence-electron chi connectivity index (χ0n) is 15.7. The number of nitrogens with zero attached hydrogens (tertiary/aromatic N) is 5. The van der Waals surface area contributed by atoms with Gasteiger partial charge in [0.25, 0.3) is 5.56 Å². The molecule has 8 nitrogen and oxygen atoms in total. The third-order valence-electron chi connectivity index (χ3n) is 4.25. The molecule has 0 bridgehead atoms. The molecular weight excluding hydrogens is 364 g/mol. The molecule has 0 atom stereocenters. The summed E-state index contributed by atoms with van der Waals surface area (Å²) in [5, 5.41) is 11.3. The summed E-state index contributed by atoms with van der Waals surface area (Å²) < 4.78 is 5.16. The second kappa shape index (κ2) is 7.83. The number of hydrogen-bond acceptors (Lipinski definition) is 5. The number of benzene rings is 1. The maximum absolute atomic E-state index is 12.8. The van der Waals surface area contributed by atoms with Gasteiger partial charge in [-0.25, -0.2) is 4.68 Å². The Hall–Kier alpha value is -2.81. The number of thioether (sulfide) groups is 1. The van der Waals surface area contributed by atoms with Crippen molar-refractivity contribution in [3.05, 3.63) is 52.7 Å². The molecule has 0 fully saturated rings. The molecule has 0 saturated heterocycles. The number of carbonyl (C=O) groups is 1. The van der Waals surface area contributed by atoms with E-state index < -0.39 is 0 Å². The van der Waals surface area contributed by atoms with E-state index in [1.807, 2.05) is 48.7 Å². The largest absolute Gasteiger partial charge is 0.319 e. The van der Waals surface area contributed by atoms with Crippen molar-refractivity contribution in [2.24, 2.45) is 7.05 Å². The Morgan fingerprint density at radius 1 is 1.26 bits per heavy atom. The molecule has 0 aliphatic heterocycles. The molecule has 0 unspecified atom stereocenters. The van der Waals surface area contributed by atoms with Gasteiger partial charge in [0.05, 0.1) is 17.1 Å². The molecule has 0 spiro atoms. The first kappa shape index (κ1) is 19.0. The first-order chi connectivity index (χ1) is 12.9. The smallest absolute Gasteiger partial charge is 0.295 e. The minimum Gasteiger partial charge on any atom is -0.319 e. The summed E-state index contributed by atoms with van der Waals surface area (Å²) in [7, 11) is 1.79. The quantitative estimate of drug-likeness (QED) is 0.658. The van der Waals surface area contributed by atoms with Gasteiger partial charge in [-0.3, -0.25) is 14.3 Å². The average Bonchev–Trinajstić information content (AvgIpc) is 3.20. The van der Waals surface area contributed by atoms with Gasteiger partial charge in [-0.2, -0.15) is 0 Å². The van der Waals surface area contributed by atoms with E-state index in [-0.39, 0.29) is 28.9 Å². The van der Waals surface area contributed by atoms with Crippen molar-refractivity contribution in [3.8, 4) is 5.69 Å². The number of amides is 1. The standard InChI is InChI=1S/C18H22N6O2S/c1-12(2)23-11-19-21-18(23)27-10-15(25)20-16-13(3)22(4)24(17(16)26)14-8-6-5-7-9-14/h5-9,11-12H,10H2,1-4H3,(H,20,25). The molecule has 3 rings (SSSR count). The van der Waals surface area contributed by atoms with E-state index in [9.17, 15) is 9.59 Å². The van der Waals surface area contributed by atoms with Crippen molar-refractivity contribution in [2.45, 2.75) is 32.0 Å². The van der Waals surface area contributed by atoms with Gasteiger partial charge in [0.1, 0.15) is 12.0 Å². The molecule has 0 radical (unpaired) electrons. The van der Waals surface area contributed by atoms with E-state index in [4.69, 9.17) is 0 Å². The predicted octanol–water partition coefficient (Wildman–Crippen LogP) is 2.39. The number of para-hydroxylation sites is 1. The highest BCUT2D eigenvalue weighted by Gasteiger charge is 2.18. The number of nitrogens with one attached hydrogen (secondary N) is 1.